The van der Waals surface area contributed by atoms with Crippen molar-refractivity contribution in [3.63, 3.8) is 0 Å². The Morgan fingerprint density at radius 2 is 1.94 bits per heavy atom. The van der Waals surface area contributed by atoms with Gasteiger partial charge in [0.15, 0.2) is 5.78 Å². The Morgan fingerprint density at radius 3 is 2.61 bits per heavy atom. The SMILES string of the molecule is CC1=NC2=C(C(=O)CC(C)(C)C2)[C@H](c2cccc([N+](=O)[O-])c2)C1C(=O)OC1CCCC1. The van der Waals surface area contributed by atoms with Crippen molar-refractivity contribution in [2.45, 2.75) is 71.3 Å². The number of ether oxygens (including phenoxy) is 1. The van der Waals surface area contributed by atoms with Crippen LogP contribution in [0.1, 0.15) is 70.8 Å². The molecule has 2 atom stereocenters. The molecule has 1 aromatic rings. The van der Waals surface area contributed by atoms with Crippen LogP contribution in [0.3, 0.4) is 0 Å². The molecule has 7 heteroatoms. The number of benzene rings is 1. The van der Waals surface area contributed by atoms with Crippen LogP contribution < -0.4 is 0 Å². The summed E-state index contributed by atoms with van der Waals surface area (Å²) < 4.78 is 5.82. The van der Waals surface area contributed by atoms with Gasteiger partial charge in [0.1, 0.15) is 12.0 Å². The molecule has 0 aromatic heterocycles. The molecule has 1 fully saturated rings. The first-order valence-corrected chi connectivity index (χ1v) is 10.9. The van der Waals surface area contributed by atoms with Crippen molar-refractivity contribution in [2.75, 3.05) is 0 Å². The number of nitro benzene ring substituents is 1. The molecule has 164 valence electrons. The van der Waals surface area contributed by atoms with Gasteiger partial charge in [-0.1, -0.05) is 26.0 Å². The zero-order valence-corrected chi connectivity index (χ0v) is 18.2. The summed E-state index contributed by atoms with van der Waals surface area (Å²) in [6.45, 7) is 5.85. The third-order valence-electron chi connectivity index (χ3n) is 6.58. The number of ketones is 1. The number of hydrogen-bond donors (Lipinski definition) is 0. The summed E-state index contributed by atoms with van der Waals surface area (Å²) in [5.41, 5.74) is 2.11. The molecule has 1 aromatic carbocycles. The zero-order valence-electron chi connectivity index (χ0n) is 18.2. The number of hydrogen-bond acceptors (Lipinski definition) is 6. The highest BCUT2D eigenvalue weighted by Crippen LogP contribution is 2.48. The van der Waals surface area contributed by atoms with Crippen LogP contribution in [0.25, 0.3) is 0 Å². The second kappa shape index (κ2) is 8.02. The molecule has 0 saturated heterocycles. The second-order valence-electron chi connectivity index (χ2n) is 9.71. The fourth-order valence-electron chi connectivity index (χ4n) is 5.19. The molecular weight excluding hydrogens is 396 g/mol. The van der Waals surface area contributed by atoms with Gasteiger partial charge in [-0.25, -0.2) is 0 Å². The smallest absolute Gasteiger partial charge is 0.315 e. The van der Waals surface area contributed by atoms with Gasteiger partial charge < -0.3 is 4.74 Å². The molecule has 0 N–H and O–H groups in total. The number of carbonyl (C=O) groups excluding carboxylic acids is 2. The van der Waals surface area contributed by atoms with E-state index in [-0.39, 0.29) is 23.0 Å². The minimum atomic E-state index is -0.758. The van der Waals surface area contributed by atoms with Crippen LogP contribution in [-0.4, -0.2) is 28.5 Å². The first-order chi connectivity index (χ1) is 14.7. The van der Waals surface area contributed by atoms with Gasteiger partial charge in [0.05, 0.1) is 4.92 Å². The van der Waals surface area contributed by atoms with E-state index in [0.717, 1.165) is 25.7 Å². The Balaban J connectivity index is 1.81. The average Bonchev–Trinajstić information content (AvgIpc) is 3.18. The van der Waals surface area contributed by atoms with Crippen LogP contribution >= 0.6 is 0 Å². The van der Waals surface area contributed by atoms with Crippen LogP contribution in [0, 0.1) is 21.4 Å². The molecule has 1 unspecified atom stereocenters. The second-order valence-corrected chi connectivity index (χ2v) is 9.71. The lowest BCUT2D eigenvalue weighted by molar-refractivity contribution is -0.384. The number of allylic oxidation sites excluding steroid dienone is 2. The fraction of sp³-hybridized carbons (Fsp3) is 0.542. The van der Waals surface area contributed by atoms with Crippen molar-refractivity contribution in [3.8, 4) is 0 Å². The molecule has 31 heavy (non-hydrogen) atoms. The van der Waals surface area contributed by atoms with Gasteiger partial charge in [-0.3, -0.25) is 24.7 Å². The maximum Gasteiger partial charge on any atom is 0.315 e. The molecule has 1 aliphatic heterocycles. The lowest BCUT2D eigenvalue weighted by Gasteiger charge is -2.39. The minimum absolute atomic E-state index is 0.0438. The zero-order chi connectivity index (χ0) is 22.3. The molecule has 0 bridgehead atoms. The van der Waals surface area contributed by atoms with Gasteiger partial charge in [-0.15, -0.1) is 0 Å². The van der Waals surface area contributed by atoms with Crippen molar-refractivity contribution in [1.82, 2.24) is 0 Å². The highest BCUT2D eigenvalue weighted by Gasteiger charge is 2.46. The maximum absolute atomic E-state index is 13.3. The predicted molar refractivity (Wildman–Crippen MR) is 116 cm³/mol. The number of carbonyl (C=O) groups is 2. The van der Waals surface area contributed by atoms with E-state index >= 15 is 0 Å². The van der Waals surface area contributed by atoms with Crippen molar-refractivity contribution in [1.29, 1.82) is 0 Å². The Hall–Kier alpha value is -2.83. The molecular formula is C24H28N2O5. The molecule has 3 aliphatic rings. The maximum atomic E-state index is 13.3. The van der Waals surface area contributed by atoms with E-state index in [2.05, 4.69) is 0 Å². The summed E-state index contributed by atoms with van der Waals surface area (Å²) >= 11 is 0. The molecule has 1 heterocycles. The van der Waals surface area contributed by atoms with E-state index in [4.69, 9.17) is 9.73 Å². The average molecular weight is 424 g/mol. The highest BCUT2D eigenvalue weighted by molar-refractivity contribution is 6.09. The van der Waals surface area contributed by atoms with E-state index in [0.29, 0.717) is 35.4 Å². The Kier molecular flexibility index (Phi) is 5.54. The Labute approximate surface area is 181 Å². The van der Waals surface area contributed by atoms with Crippen LogP contribution in [-0.2, 0) is 14.3 Å². The monoisotopic (exact) mass is 424 g/mol. The first kappa shape index (κ1) is 21.4. The third-order valence-corrected chi connectivity index (χ3v) is 6.58. The number of nitrogens with zero attached hydrogens (tertiary/aromatic N) is 2. The van der Waals surface area contributed by atoms with Crippen molar-refractivity contribution >= 4 is 23.2 Å². The van der Waals surface area contributed by atoms with E-state index in [1.807, 2.05) is 13.8 Å². The van der Waals surface area contributed by atoms with Gasteiger partial charge in [0.25, 0.3) is 5.69 Å². The van der Waals surface area contributed by atoms with Crippen LogP contribution in [0.4, 0.5) is 5.69 Å². The number of esters is 1. The first-order valence-electron chi connectivity index (χ1n) is 10.9. The van der Waals surface area contributed by atoms with E-state index in [1.54, 1.807) is 19.1 Å². The predicted octanol–water partition coefficient (Wildman–Crippen LogP) is 4.90. The van der Waals surface area contributed by atoms with Crippen LogP contribution in [0.15, 0.2) is 40.5 Å². The lowest BCUT2D eigenvalue weighted by Crippen LogP contribution is -2.40. The van der Waals surface area contributed by atoms with Crippen LogP contribution in [0.2, 0.25) is 0 Å². The van der Waals surface area contributed by atoms with E-state index in [1.165, 1.54) is 12.1 Å². The van der Waals surface area contributed by atoms with Crippen LogP contribution in [0.5, 0.6) is 0 Å². The normalized spacial score (nSPS) is 25.8. The summed E-state index contributed by atoms with van der Waals surface area (Å²) in [7, 11) is 0. The summed E-state index contributed by atoms with van der Waals surface area (Å²) in [5, 5.41) is 11.4. The van der Waals surface area contributed by atoms with Crippen molar-refractivity contribution < 1.29 is 19.2 Å². The topological polar surface area (TPSA) is 98.9 Å². The number of rotatable bonds is 4. The highest BCUT2D eigenvalue weighted by atomic mass is 16.6. The number of non-ortho nitro benzene ring substituents is 1. The summed E-state index contributed by atoms with van der Waals surface area (Å²) in [4.78, 5) is 42.2. The fourth-order valence-corrected chi connectivity index (χ4v) is 5.19. The summed E-state index contributed by atoms with van der Waals surface area (Å²) in [6, 6.07) is 6.24. The van der Waals surface area contributed by atoms with Crippen molar-refractivity contribution in [3.05, 3.63) is 51.2 Å². The largest absolute Gasteiger partial charge is 0.462 e. The molecule has 0 spiro atoms. The molecule has 0 radical (unpaired) electrons. The number of aliphatic imine (C=N–C) groups is 1. The van der Waals surface area contributed by atoms with Gasteiger partial charge in [0, 0.05) is 41.5 Å². The van der Waals surface area contributed by atoms with E-state index in [9.17, 15) is 19.7 Å². The number of nitro groups is 1. The summed E-state index contributed by atoms with van der Waals surface area (Å²) in [5.74, 6) is -1.82. The molecule has 1 saturated carbocycles. The van der Waals surface area contributed by atoms with E-state index < -0.39 is 22.7 Å². The Bertz CT molecular complexity index is 1000. The Morgan fingerprint density at radius 1 is 1.23 bits per heavy atom. The molecule has 0 amide bonds. The van der Waals surface area contributed by atoms with Crippen molar-refractivity contribution in [2.24, 2.45) is 16.3 Å². The van der Waals surface area contributed by atoms with Gasteiger partial charge in [-0.05, 0) is 50.0 Å². The van der Waals surface area contributed by atoms with Gasteiger partial charge >= 0.3 is 5.97 Å². The molecule has 2 aliphatic carbocycles. The quantitative estimate of drug-likeness (QED) is 0.389. The van der Waals surface area contributed by atoms with Gasteiger partial charge in [0.2, 0.25) is 0 Å². The number of Topliss-reactive ketones (excluding diaryl/α,β-unsaturated/α-hetero) is 1. The van der Waals surface area contributed by atoms with Gasteiger partial charge in [-0.2, -0.15) is 0 Å². The minimum Gasteiger partial charge on any atom is -0.462 e. The third kappa shape index (κ3) is 4.18. The lowest BCUT2D eigenvalue weighted by atomic mass is 9.67. The standard InChI is InChI=1S/C24H28N2O5/c1-14-20(23(28)31-17-9-4-5-10-17)21(15-7-6-8-16(11-15)26(29)30)22-18(25-14)12-24(2,3)13-19(22)27/h6-8,11,17,20-21H,4-5,9-10,12-13H2,1-3H3/t20?,21-/m1/s1. The molecule has 4 rings (SSSR count). The molecule has 7 nitrogen and oxygen atoms in total. The summed E-state index contributed by atoms with van der Waals surface area (Å²) in [6.07, 6.45) is 4.63.